The maximum atomic E-state index is 11.1. The number of hydrogen-bond donors (Lipinski definition) is 1. The third kappa shape index (κ3) is 4.00. The van der Waals surface area contributed by atoms with Crippen LogP contribution < -0.4 is 4.74 Å². The maximum Gasteiger partial charge on any atom is 0.371 e. The lowest BCUT2D eigenvalue weighted by Gasteiger charge is -2.06. The lowest BCUT2D eigenvalue weighted by molar-refractivity contribution is -0.135. The van der Waals surface area contributed by atoms with E-state index in [0.717, 1.165) is 5.56 Å². The number of rotatable bonds is 5. The van der Waals surface area contributed by atoms with E-state index in [-0.39, 0.29) is 5.76 Å². The fourth-order valence-electron chi connectivity index (χ4n) is 1.61. The van der Waals surface area contributed by atoms with E-state index in [4.69, 9.17) is 9.84 Å². The van der Waals surface area contributed by atoms with E-state index in [0.29, 0.717) is 12.2 Å². The van der Waals surface area contributed by atoms with E-state index in [1.54, 1.807) is 30.3 Å². The Labute approximate surface area is 111 Å². The molecule has 0 saturated heterocycles. The van der Waals surface area contributed by atoms with Gasteiger partial charge in [0.15, 0.2) is 0 Å². The highest BCUT2D eigenvalue weighted by Crippen LogP contribution is 2.13. The molecular weight excluding hydrogens is 240 g/mol. The molecule has 0 radical (unpaired) electrons. The summed E-state index contributed by atoms with van der Waals surface area (Å²) in [6, 6.07) is 18.5. The van der Waals surface area contributed by atoms with Crippen LogP contribution in [0.3, 0.4) is 0 Å². The van der Waals surface area contributed by atoms with Crippen molar-refractivity contribution in [3.8, 4) is 5.75 Å². The van der Waals surface area contributed by atoms with E-state index >= 15 is 0 Å². The molecule has 0 spiro atoms. The van der Waals surface area contributed by atoms with Crippen LogP contribution in [-0.2, 0) is 11.2 Å². The van der Waals surface area contributed by atoms with Crippen LogP contribution in [0.4, 0.5) is 0 Å². The summed E-state index contributed by atoms with van der Waals surface area (Å²) in [6.07, 6.45) is 2.10. The smallest absolute Gasteiger partial charge is 0.371 e. The van der Waals surface area contributed by atoms with Gasteiger partial charge >= 0.3 is 5.97 Å². The van der Waals surface area contributed by atoms with Crippen molar-refractivity contribution in [1.29, 1.82) is 0 Å². The molecule has 0 amide bonds. The second-order valence-electron chi connectivity index (χ2n) is 3.98. The van der Waals surface area contributed by atoms with Gasteiger partial charge in [-0.1, -0.05) is 48.5 Å². The number of allylic oxidation sites excluding steroid dienone is 1. The van der Waals surface area contributed by atoms with Gasteiger partial charge in [-0.15, -0.1) is 0 Å². The van der Waals surface area contributed by atoms with Crippen molar-refractivity contribution < 1.29 is 14.6 Å². The van der Waals surface area contributed by atoms with E-state index in [2.05, 4.69) is 0 Å². The molecule has 0 saturated carbocycles. The number of hydrogen-bond acceptors (Lipinski definition) is 2. The second kappa shape index (κ2) is 6.40. The summed E-state index contributed by atoms with van der Waals surface area (Å²) in [6.45, 7) is 0. The number of carboxylic acids is 1. The molecule has 0 aliphatic heterocycles. The molecule has 0 unspecified atom stereocenters. The van der Waals surface area contributed by atoms with Crippen molar-refractivity contribution in [3.05, 3.63) is 78.1 Å². The van der Waals surface area contributed by atoms with Crippen LogP contribution in [0.15, 0.2) is 72.5 Å². The Morgan fingerprint density at radius 3 is 2.16 bits per heavy atom. The minimum atomic E-state index is -1.07. The van der Waals surface area contributed by atoms with Gasteiger partial charge in [0.1, 0.15) is 5.75 Å². The molecule has 1 N–H and O–H groups in total. The largest absolute Gasteiger partial charge is 0.475 e. The predicted molar refractivity (Wildman–Crippen MR) is 72.9 cm³/mol. The number of carboxylic acid groups (broad SMARTS) is 1. The first-order chi connectivity index (χ1) is 9.25. The number of carbonyl (C=O) groups is 1. The summed E-state index contributed by atoms with van der Waals surface area (Å²) in [5, 5.41) is 9.12. The Morgan fingerprint density at radius 1 is 1.00 bits per heavy atom. The molecule has 0 atom stereocenters. The molecule has 96 valence electrons. The van der Waals surface area contributed by atoms with Gasteiger partial charge in [0.25, 0.3) is 0 Å². The van der Waals surface area contributed by atoms with Gasteiger partial charge in [0, 0.05) is 0 Å². The lowest BCUT2D eigenvalue weighted by Crippen LogP contribution is -2.08. The highest BCUT2D eigenvalue weighted by molar-refractivity contribution is 5.84. The van der Waals surface area contributed by atoms with Gasteiger partial charge in [-0.05, 0) is 30.2 Å². The Morgan fingerprint density at radius 2 is 1.58 bits per heavy atom. The quantitative estimate of drug-likeness (QED) is 0.658. The summed E-state index contributed by atoms with van der Waals surface area (Å²) in [5.41, 5.74) is 1.04. The maximum absolute atomic E-state index is 11.1. The minimum absolute atomic E-state index is 0.0601. The molecule has 3 heteroatoms. The van der Waals surface area contributed by atoms with Gasteiger partial charge in [-0.25, -0.2) is 4.79 Å². The molecule has 2 aromatic carbocycles. The van der Waals surface area contributed by atoms with Crippen molar-refractivity contribution in [1.82, 2.24) is 0 Å². The van der Waals surface area contributed by atoms with Gasteiger partial charge in [-0.3, -0.25) is 0 Å². The topological polar surface area (TPSA) is 46.5 Å². The van der Waals surface area contributed by atoms with Crippen molar-refractivity contribution in [2.24, 2.45) is 0 Å². The summed E-state index contributed by atoms with van der Waals surface area (Å²) in [5.74, 6) is -0.612. The number of ether oxygens (including phenoxy) is 1. The average Bonchev–Trinajstić information content (AvgIpc) is 2.45. The molecule has 19 heavy (non-hydrogen) atoms. The van der Waals surface area contributed by atoms with Crippen LogP contribution in [0.5, 0.6) is 5.75 Å². The highest BCUT2D eigenvalue weighted by Gasteiger charge is 2.09. The van der Waals surface area contributed by atoms with Gasteiger partial charge in [0.05, 0.1) is 0 Å². The zero-order chi connectivity index (χ0) is 13.5. The lowest BCUT2D eigenvalue weighted by atomic mass is 10.1. The zero-order valence-electron chi connectivity index (χ0n) is 10.3. The van der Waals surface area contributed by atoms with Crippen LogP contribution >= 0.6 is 0 Å². The number of para-hydroxylation sites is 1. The van der Waals surface area contributed by atoms with Crippen molar-refractivity contribution in [2.45, 2.75) is 6.42 Å². The first kappa shape index (κ1) is 12.9. The minimum Gasteiger partial charge on any atom is -0.475 e. The molecule has 0 aliphatic carbocycles. The van der Waals surface area contributed by atoms with Gasteiger partial charge in [0.2, 0.25) is 5.76 Å². The molecule has 2 rings (SSSR count). The van der Waals surface area contributed by atoms with E-state index in [1.165, 1.54) is 0 Å². The molecule has 0 heterocycles. The van der Waals surface area contributed by atoms with E-state index in [1.807, 2.05) is 36.4 Å². The van der Waals surface area contributed by atoms with Gasteiger partial charge < -0.3 is 9.84 Å². The Balaban J connectivity index is 2.10. The number of aliphatic carboxylic acids is 1. The highest BCUT2D eigenvalue weighted by atomic mass is 16.5. The first-order valence-electron chi connectivity index (χ1n) is 5.96. The van der Waals surface area contributed by atoms with Crippen LogP contribution in [0.2, 0.25) is 0 Å². The van der Waals surface area contributed by atoms with Crippen LogP contribution in [0.1, 0.15) is 5.56 Å². The third-order valence-corrected chi connectivity index (χ3v) is 2.55. The molecule has 0 bridgehead atoms. The average molecular weight is 254 g/mol. The summed E-state index contributed by atoms with van der Waals surface area (Å²) >= 11 is 0. The van der Waals surface area contributed by atoms with Crippen molar-refractivity contribution in [3.63, 3.8) is 0 Å². The van der Waals surface area contributed by atoms with Crippen molar-refractivity contribution in [2.75, 3.05) is 0 Å². The third-order valence-electron chi connectivity index (χ3n) is 2.55. The standard InChI is InChI=1S/C16H14O3/c17-16(18)15(19-14-9-5-2-6-10-14)12-11-13-7-3-1-4-8-13/h1-10,12H,11H2,(H,17,18)/b15-12+. The van der Waals surface area contributed by atoms with E-state index < -0.39 is 5.97 Å². The Hall–Kier alpha value is -2.55. The molecule has 2 aromatic rings. The Kier molecular flexibility index (Phi) is 4.34. The molecular formula is C16H14O3. The SMILES string of the molecule is O=C(O)/C(=C\Cc1ccccc1)Oc1ccccc1. The van der Waals surface area contributed by atoms with Gasteiger partial charge in [-0.2, -0.15) is 0 Å². The summed E-state index contributed by atoms with van der Waals surface area (Å²) in [4.78, 5) is 11.1. The van der Waals surface area contributed by atoms with Crippen molar-refractivity contribution >= 4 is 5.97 Å². The number of benzene rings is 2. The fourth-order valence-corrected chi connectivity index (χ4v) is 1.61. The predicted octanol–water partition coefficient (Wildman–Crippen LogP) is 3.28. The monoisotopic (exact) mass is 254 g/mol. The van der Waals surface area contributed by atoms with Crippen LogP contribution in [0, 0.1) is 0 Å². The first-order valence-corrected chi connectivity index (χ1v) is 5.96. The zero-order valence-corrected chi connectivity index (χ0v) is 10.3. The van der Waals surface area contributed by atoms with Crippen LogP contribution in [0.25, 0.3) is 0 Å². The molecule has 3 nitrogen and oxygen atoms in total. The second-order valence-corrected chi connectivity index (χ2v) is 3.98. The molecule has 0 fully saturated rings. The Bertz CT molecular complexity index is 559. The van der Waals surface area contributed by atoms with Crippen LogP contribution in [-0.4, -0.2) is 11.1 Å². The molecule has 0 aliphatic rings. The summed E-state index contributed by atoms with van der Waals surface area (Å²) < 4.78 is 5.36. The molecule has 0 aromatic heterocycles. The fraction of sp³-hybridized carbons (Fsp3) is 0.0625. The normalized spacial score (nSPS) is 11.1. The van der Waals surface area contributed by atoms with E-state index in [9.17, 15) is 4.79 Å². The summed E-state index contributed by atoms with van der Waals surface area (Å²) in [7, 11) is 0.